The molecule has 3 aromatic rings. The van der Waals surface area contributed by atoms with E-state index in [0.717, 1.165) is 96.2 Å². The molecule has 42 heavy (non-hydrogen) atoms. The molecule has 0 fully saturated rings. The molecular weight excluding hydrogens is 514 g/mol. The standard InChI is InChI=1S/C37H45N5/c1-9-22-23(10-2)31-18-33-25(12-4)27(14-6)35(41-33)20-37-29(16-8)28(15-7)36(42(37)21-38)19-34-26(13-5)24(11-3)32(40-34)17-30(22)39-31/h17-20,39H,9-16H2,1-8H3. The van der Waals surface area contributed by atoms with Crippen molar-refractivity contribution in [2.45, 2.75) is 107 Å². The topological polar surface area (TPSA) is 70.3 Å². The molecule has 1 N–H and O–H groups in total. The molecule has 0 aromatic carbocycles. The summed E-state index contributed by atoms with van der Waals surface area (Å²) >= 11 is 0. The van der Waals surface area contributed by atoms with Crippen molar-refractivity contribution in [3.05, 3.63) is 69.3 Å². The van der Waals surface area contributed by atoms with Crippen LogP contribution in [-0.4, -0.2) is 19.5 Å². The molecular formula is C37H45N5. The summed E-state index contributed by atoms with van der Waals surface area (Å²) < 4.78 is 1.83. The largest absolute Gasteiger partial charge is 0.355 e. The summed E-state index contributed by atoms with van der Waals surface area (Å²) in [5.41, 5.74) is 18.5. The Labute approximate surface area is 251 Å². The van der Waals surface area contributed by atoms with Crippen LogP contribution >= 0.6 is 0 Å². The predicted molar refractivity (Wildman–Crippen MR) is 178 cm³/mol. The van der Waals surface area contributed by atoms with Crippen molar-refractivity contribution in [2.75, 3.05) is 0 Å². The zero-order valence-corrected chi connectivity index (χ0v) is 26.8. The molecule has 8 bridgehead atoms. The summed E-state index contributed by atoms with van der Waals surface area (Å²) in [7, 11) is 0. The third kappa shape index (κ3) is 4.62. The molecule has 0 saturated heterocycles. The van der Waals surface area contributed by atoms with Gasteiger partial charge in [-0.25, -0.2) is 14.5 Å². The summed E-state index contributed by atoms with van der Waals surface area (Å²) in [6.07, 6.45) is 9.77. The van der Waals surface area contributed by atoms with E-state index in [4.69, 9.17) is 9.97 Å². The zero-order chi connectivity index (χ0) is 30.1. The van der Waals surface area contributed by atoms with Gasteiger partial charge in [0.15, 0.2) is 6.19 Å². The highest BCUT2D eigenvalue weighted by atomic mass is 15.0. The molecule has 0 unspecified atom stereocenters. The summed E-state index contributed by atoms with van der Waals surface area (Å²) in [4.78, 5) is 14.3. The summed E-state index contributed by atoms with van der Waals surface area (Å²) in [5.74, 6) is 0. The molecule has 0 saturated carbocycles. The van der Waals surface area contributed by atoms with Gasteiger partial charge in [-0.05, 0) is 120 Å². The van der Waals surface area contributed by atoms with Crippen LogP contribution in [0.3, 0.4) is 0 Å². The Kier molecular flexibility index (Phi) is 8.55. The fourth-order valence-electron chi connectivity index (χ4n) is 7.32. The molecule has 2 aliphatic rings. The number of nitriles is 1. The Morgan fingerprint density at radius 3 is 1.14 bits per heavy atom. The van der Waals surface area contributed by atoms with Gasteiger partial charge in [-0.1, -0.05) is 55.4 Å². The zero-order valence-electron chi connectivity index (χ0n) is 26.8. The van der Waals surface area contributed by atoms with E-state index in [1.54, 1.807) is 0 Å². The summed E-state index contributed by atoms with van der Waals surface area (Å²) in [6.45, 7) is 17.7. The SMILES string of the molecule is CCC1=C(CC)c2cc3c(CC)c(CC)c(cc4nc(cc5[nH]c(cc1n2)c(CC)c5CC)C(CC)=C4CC)n3C#N. The van der Waals surface area contributed by atoms with Crippen LogP contribution < -0.4 is 0 Å². The molecule has 5 rings (SSSR count). The number of allylic oxidation sites excluding steroid dienone is 4. The minimum atomic E-state index is 0.852. The average Bonchev–Trinajstić information content (AvgIpc) is 3.70. The number of aryl methyl sites for hydroxylation is 4. The second-order valence-electron chi connectivity index (χ2n) is 11.2. The van der Waals surface area contributed by atoms with Gasteiger partial charge < -0.3 is 4.98 Å². The Morgan fingerprint density at radius 2 is 0.857 bits per heavy atom. The minimum Gasteiger partial charge on any atom is -0.355 e. The van der Waals surface area contributed by atoms with E-state index < -0.39 is 0 Å². The molecule has 5 nitrogen and oxygen atoms in total. The maximum Gasteiger partial charge on any atom is 0.189 e. The van der Waals surface area contributed by atoms with Crippen molar-refractivity contribution in [3.63, 3.8) is 0 Å². The Bertz CT molecular complexity index is 1690. The second kappa shape index (κ2) is 12.1. The maximum atomic E-state index is 10.6. The third-order valence-electron chi connectivity index (χ3n) is 9.23. The highest BCUT2D eigenvalue weighted by Crippen LogP contribution is 2.39. The van der Waals surface area contributed by atoms with Gasteiger partial charge in [-0.15, -0.1) is 0 Å². The van der Waals surface area contributed by atoms with E-state index in [2.05, 4.69) is 90.8 Å². The molecule has 3 aromatic heterocycles. The fourth-order valence-corrected chi connectivity index (χ4v) is 7.32. The predicted octanol–water partition coefficient (Wildman–Crippen LogP) is 9.83. The Hall–Kier alpha value is -3.91. The molecule has 5 heterocycles. The first kappa shape index (κ1) is 29.6. The molecule has 218 valence electrons. The van der Waals surface area contributed by atoms with Crippen LogP contribution in [0.2, 0.25) is 0 Å². The van der Waals surface area contributed by atoms with Crippen molar-refractivity contribution in [1.29, 1.82) is 5.26 Å². The number of nitrogens with one attached hydrogen (secondary N) is 1. The molecule has 0 atom stereocenters. The molecule has 0 aliphatic carbocycles. The molecule has 0 spiro atoms. The monoisotopic (exact) mass is 559 g/mol. The van der Waals surface area contributed by atoms with Crippen molar-refractivity contribution in [1.82, 2.24) is 19.5 Å². The van der Waals surface area contributed by atoms with E-state index in [-0.39, 0.29) is 0 Å². The number of rotatable bonds is 8. The summed E-state index contributed by atoms with van der Waals surface area (Å²) in [5, 5.41) is 10.6. The first-order valence-corrected chi connectivity index (χ1v) is 16.1. The van der Waals surface area contributed by atoms with Crippen molar-refractivity contribution in [2.24, 2.45) is 0 Å². The highest BCUT2D eigenvalue weighted by molar-refractivity contribution is 5.96. The van der Waals surface area contributed by atoms with Crippen LogP contribution in [0.5, 0.6) is 0 Å². The van der Waals surface area contributed by atoms with Crippen LogP contribution in [0.4, 0.5) is 0 Å². The summed E-state index contributed by atoms with van der Waals surface area (Å²) in [6, 6.07) is 8.88. The number of hydrogen-bond donors (Lipinski definition) is 1. The average molecular weight is 560 g/mol. The fraction of sp³-hybridized carbons (Fsp3) is 0.432. The van der Waals surface area contributed by atoms with Crippen LogP contribution in [0.15, 0.2) is 24.3 Å². The third-order valence-corrected chi connectivity index (χ3v) is 9.23. The number of H-pyrrole nitrogens is 1. The molecule has 0 amide bonds. The quantitative estimate of drug-likeness (QED) is 0.298. The first-order valence-electron chi connectivity index (χ1n) is 16.1. The van der Waals surface area contributed by atoms with Crippen LogP contribution in [0.25, 0.3) is 44.4 Å². The van der Waals surface area contributed by atoms with Gasteiger partial charge in [-0.3, -0.25) is 0 Å². The Balaban J connectivity index is 2.09. The van der Waals surface area contributed by atoms with Gasteiger partial charge in [0, 0.05) is 11.0 Å². The molecule has 2 aliphatic heterocycles. The lowest BCUT2D eigenvalue weighted by atomic mass is 9.98. The first-order chi connectivity index (χ1) is 20.4. The van der Waals surface area contributed by atoms with Crippen molar-refractivity contribution >= 4 is 44.4 Å². The van der Waals surface area contributed by atoms with Crippen molar-refractivity contribution in [3.8, 4) is 6.19 Å². The van der Waals surface area contributed by atoms with E-state index in [1.165, 1.54) is 44.5 Å². The van der Waals surface area contributed by atoms with Gasteiger partial charge in [0.1, 0.15) is 0 Å². The number of aromatic nitrogens is 4. The Morgan fingerprint density at radius 1 is 0.524 bits per heavy atom. The lowest BCUT2D eigenvalue weighted by Crippen LogP contribution is -1.90. The van der Waals surface area contributed by atoms with Crippen LogP contribution in [0.1, 0.15) is 126 Å². The van der Waals surface area contributed by atoms with E-state index in [1.807, 2.05) is 4.57 Å². The van der Waals surface area contributed by atoms with Gasteiger partial charge in [0.05, 0.1) is 33.8 Å². The number of fused-ring (bicyclic) bond motifs is 8. The van der Waals surface area contributed by atoms with E-state index >= 15 is 0 Å². The molecule has 0 radical (unpaired) electrons. The number of nitrogens with zero attached hydrogens (tertiary/aromatic N) is 4. The number of hydrogen-bond acceptors (Lipinski definition) is 3. The van der Waals surface area contributed by atoms with Gasteiger partial charge in [0.25, 0.3) is 0 Å². The normalized spacial score (nSPS) is 13.3. The lowest BCUT2D eigenvalue weighted by molar-refractivity contribution is 1.07. The van der Waals surface area contributed by atoms with E-state index in [0.29, 0.717) is 0 Å². The second-order valence-corrected chi connectivity index (χ2v) is 11.2. The smallest absolute Gasteiger partial charge is 0.189 e. The molecule has 5 heteroatoms. The van der Waals surface area contributed by atoms with Crippen LogP contribution in [0, 0.1) is 11.5 Å². The lowest BCUT2D eigenvalue weighted by Gasteiger charge is -2.03. The number of aromatic amines is 1. The highest BCUT2D eigenvalue weighted by Gasteiger charge is 2.23. The maximum absolute atomic E-state index is 10.6. The minimum absolute atomic E-state index is 0.852. The van der Waals surface area contributed by atoms with Gasteiger partial charge >= 0.3 is 0 Å². The van der Waals surface area contributed by atoms with Crippen LogP contribution in [-0.2, 0) is 25.7 Å². The van der Waals surface area contributed by atoms with Gasteiger partial charge in [0.2, 0.25) is 0 Å². The van der Waals surface area contributed by atoms with Crippen molar-refractivity contribution < 1.29 is 0 Å². The van der Waals surface area contributed by atoms with E-state index in [9.17, 15) is 5.26 Å². The van der Waals surface area contributed by atoms with Gasteiger partial charge in [-0.2, -0.15) is 5.26 Å².